The minimum Gasteiger partial charge on any atom is -0.497 e. The summed E-state index contributed by atoms with van der Waals surface area (Å²) >= 11 is 5.17. The highest BCUT2D eigenvalue weighted by molar-refractivity contribution is 7.71. The number of rotatable bonds is 6. The summed E-state index contributed by atoms with van der Waals surface area (Å²) in [6.45, 7) is -0.378. The number of hydrogen-bond donors (Lipinski definition) is 3. The van der Waals surface area contributed by atoms with Crippen LogP contribution in [0.2, 0.25) is 0 Å². The fourth-order valence-corrected chi connectivity index (χ4v) is 2.48. The highest BCUT2D eigenvalue weighted by Crippen LogP contribution is 2.32. The van der Waals surface area contributed by atoms with Crippen LogP contribution in [0.1, 0.15) is 0 Å². The Morgan fingerprint density at radius 1 is 1.30 bits per heavy atom. The van der Waals surface area contributed by atoms with Gasteiger partial charge in [-0.05, 0) is 24.4 Å². The number of ether oxygens (including phenoxy) is 2. The van der Waals surface area contributed by atoms with Crippen LogP contribution in [-0.4, -0.2) is 46.7 Å². The summed E-state index contributed by atoms with van der Waals surface area (Å²) in [5.41, 5.74) is 0.735. The molecule has 3 N–H and O–H groups in total. The van der Waals surface area contributed by atoms with Crippen LogP contribution in [0.25, 0.3) is 11.3 Å². The molecule has 0 aliphatic heterocycles. The second-order valence-electron chi connectivity index (χ2n) is 4.84. The lowest BCUT2D eigenvalue weighted by molar-refractivity contribution is 0.0808. The summed E-state index contributed by atoms with van der Waals surface area (Å²) in [4.78, 5) is 14.3. The predicted octanol–water partition coefficient (Wildman–Crippen LogP) is 0.943. The molecule has 0 aliphatic rings. The SMILES string of the molecule is COc1ccc(-c2cc(=O)[nH]c(=S)n2C[C@@H](O)CO)c(OC)c1. The van der Waals surface area contributed by atoms with Crippen molar-refractivity contribution in [2.75, 3.05) is 20.8 Å². The first kappa shape index (κ1) is 17.2. The zero-order valence-electron chi connectivity index (χ0n) is 12.8. The van der Waals surface area contributed by atoms with E-state index in [4.69, 9.17) is 26.8 Å². The van der Waals surface area contributed by atoms with E-state index in [-0.39, 0.29) is 16.9 Å². The molecular formula is C15H18N2O5S. The fourth-order valence-electron chi connectivity index (χ4n) is 2.20. The highest BCUT2D eigenvalue weighted by Gasteiger charge is 2.15. The minimum absolute atomic E-state index is 0.0383. The van der Waals surface area contributed by atoms with E-state index in [1.807, 2.05) is 0 Å². The topological polar surface area (TPSA) is 96.7 Å². The van der Waals surface area contributed by atoms with E-state index in [0.717, 1.165) is 0 Å². The molecule has 1 heterocycles. The molecule has 0 bridgehead atoms. The molecule has 2 rings (SSSR count). The number of aliphatic hydroxyl groups excluding tert-OH is 2. The molecule has 0 aliphatic carbocycles. The predicted molar refractivity (Wildman–Crippen MR) is 87.5 cm³/mol. The normalized spacial score (nSPS) is 12.0. The molecular weight excluding hydrogens is 320 g/mol. The lowest BCUT2D eigenvalue weighted by atomic mass is 10.1. The van der Waals surface area contributed by atoms with Crippen molar-refractivity contribution >= 4 is 12.2 Å². The Labute approximate surface area is 137 Å². The maximum atomic E-state index is 11.8. The molecule has 0 amide bonds. The average molecular weight is 338 g/mol. The molecule has 0 saturated heterocycles. The quantitative estimate of drug-likeness (QED) is 0.679. The van der Waals surface area contributed by atoms with E-state index in [1.165, 1.54) is 13.2 Å². The van der Waals surface area contributed by atoms with Crippen LogP contribution in [0.15, 0.2) is 29.1 Å². The third-order valence-corrected chi connectivity index (χ3v) is 3.65. The van der Waals surface area contributed by atoms with Crippen LogP contribution in [0.4, 0.5) is 0 Å². The van der Waals surface area contributed by atoms with Gasteiger partial charge in [-0.25, -0.2) is 0 Å². The van der Waals surface area contributed by atoms with Crippen molar-refractivity contribution in [3.05, 3.63) is 39.4 Å². The molecule has 8 heteroatoms. The molecule has 0 saturated carbocycles. The van der Waals surface area contributed by atoms with Crippen LogP contribution in [0.5, 0.6) is 11.5 Å². The van der Waals surface area contributed by atoms with E-state index in [0.29, 0.717) is 22.8 Å². The van der Waals surface area contributed by atoms with Crippen molar-refractivity contribution in [3.63, 3.8) is 0 Å². The van der Waals surface area contributed by atoms with Gasteiger partial charge in [-0.2, -0.15) is 0 Å². The molecule has 1 aromatic carbocycles. The van der Waals surface area contributed by atoms with Gasteiger partial charge in [0.2, 0.25) is 0 Å². The Kier molecular flexibility index (Phi) is 5.54. The number of benzene rings is 1. The third kappa shape index (κ3) is 3.79. The smallest absolute Gasteiger partial charge is 0.252 e. The second kappa shape index (κ2) is 7.40. The number of aromatic nitrogens is 2. The Balaban J connectivity index is 2.67. The highest BCUT2D eigenvalue weighted by atomic mass is 32.1. The number of aliphatic hydroxyl groups is 2. The third-order valence-electron chi connectivity index (χ3n) is 3.32. The Morgan fingerprint density at radius 2 is 2.04 bits per heavy atom. The van der Waals surface area contributed by atoms with Crippen LogP contribution < -0.4 is 15.0 Å². The summed E-state index contributed by atoms with van der Waals surface area (Å²) in [5, 5.41) is 18.8. The summed E-state index contributed by atoms with van der Waals surface area (Å²) in [6, 6.07) is 6.52. The largest absolute Gasteiger partial charge is 0.497 e. The van der Waals surface area contributed by atoms with Crippen molar-refractivity contribution in [1.29, 1.82) is 0 Å². The van der Waals surface area contributed by atoms with Gasteiger partial charge in [0.25, 0.3) is 5.56 Å². The molecule has 0 spiro atoms. The lowest BCUT2D eigenvalue weighted by Gasteiger charge is -2.18. The van der Waals surface area contributed by atoms with Gasteiger partial charge >= 0.3 is 0 Å². The van der Waals surface area contributed by atoms with E-state index in [9.17, 15) is 9.90 Å². The van der Waals surface area contributed by atoms with Crippen LogP contribution in [-0.2, 0) is 6.54 Å². The summed E-state index contributed by atoms with van der Waals surface area (Å²) < 4.78 is 12.2. The molecule has 124 valence electrons. The first-order valence-electron chi connectivity index (χ1n) is 6.85. The van der Waals surface area contributed by atoms with Gasteiger partial charge in [-0.1, -0.05) is 0 Å². The maximum absolute atomic E-state index is 11.8. The van der Waals surface area contributed by atoms with Crippen molar-refractivity contribution in [3.8, 4) is 22.8 Å². The first-order valence-corrected chi connectivity index (χ1v) is 7.26. The molecule has 1 aromatic heterocycles. The lowest BCUT2D eigenvalue weighted by Crippen LogP contribution is -2.24. The Hall–Kier alpha value is -2.16. The number of aromatic amines is 1. The number of nitrogens with one attached hydrogen (secondary N) is 1. The first-order chi connectivity index (χ1) is 11.0. The number of hydrogen-bond acceptors (Lipinski definition) is 6. The van der Waals surface area contributed by atoms with Crippen molar-refractivity contribution < 1.29 is 19.7 Å². The maximum Gasteiger partial charge on any atom is 0.252 e. The van der Waals surface area contributed by atoms with Crippen molar-refractivity contribution in [1.82, 2.24) is 9.55 Å². The zero-order valence-corrected chi connectivity index (χ0v) is 13.6. The summed E-state index contributed by atoms with van der Waals surface area (Å²) in [7, 11) is 3.05. The van der Waals surface area contributed by atoms with Crippen LogP contribution >= 0.6 is 12.2 Å². The summed E-state index contributed by atoms with van der Waals surface area (Å²) in [5.74, 6) is 1.10. The average Bonchev–Trinajstić information content (AvgIpc) is 2.56. The van der Waals surface area contributed by atoms with Gasteiger partial charge in [0.05, 0.1) is 39.2 Å². The van der Waals surface area contributed by atoms with E-state index in [1.54, 1.807) is 29.9 Å². The summed E-state index contributed by atoms with van der Waals surface area (Å²) in [6.07, 6.45) is -1.00. The minimum atomic E-state index is -1.00. The Morgan fingerprint density at radius 3 is 2.65 bits per heavy atom. The number of methoxy groups -OCH3 is 2. The van der Waals surface area contributed by atoms with Gasteiger partial charge in [0.1, 0.15) is 11.5 Å². The molecule has 1 atom stereocenters. The van der Waals surface area contributed by atoms with Crippen LogP contribution in [0.3, 0.4) is 0 Å². The molecule has 23 heavy (non-hydrogen) atoms. The van der Waals surface area contributed by atoms with E-state index < -0.39 is 12.7 Å². The zero-order chi connectivity index (χ0) is 17.0. The molecule has 0 radical (unpaired) electrons. The monoisotopic (exact) mass is 338 g/mol. The van der Waals surface area contributed by atoms with E-state index in [2.05, 4.69) is 4.98 Å². The van der Waals surface area contributed by atoms with Gasteiger partial charge in [-0.15, -0.1) is 0 Å². The van der Waals surface area contributed by atoms with Gasteiger partial charge < -0.3 is 24.3 Å². The second-order valence-corrected chi connectivity index (χ2v) is 5.22. The van der Waals surface area contributed by atoms with Crippen molar-refractivity contribution in [2.45, 2.75) is 12.6 Å². The standard InChI is InChI=1S/C15H18N2O5S/c1-21-10-3-4-11(13(5-10)22-2)12-6-14(20)16-15(23)17(12)7-9(19)8-18/h3-6,9,18-19H,7-8H2,1-2H3,(H,16,20,23)/t9-/m1/s1. The van der Waals surface area contributed by atoms with E-state index >= 15 is 0 Å². The van der Waals surface area contributed by atoms with Crippen LogP contribution in [0, 0.1) is 4.77 Å². The van der Waals surface area contributed by atoms with Crippen molar-refractivity contribution in [2.24, 2.45) is 0 Å². The number of H-pyrrole nitrogens is 1. The molecule has 0 unspecified atom stereocenters. The number of nitrogens with zero attached hydrogens (tertiary/aromatic N) is 1. The molecule has 2 aromatic rings. The molecule has 7 nitrogen and oxygen atoms in total. The Bertz CT molecular complexity index is 799. The van der Waals surface area contributed by atoms with Gasteiger partial charge in [0, 0.05) is 17.7 Å². The molecule has 0 fully saturated rings. The fraction of sp³-hybridized carbons (Fsp3) is 0.333. The van der Waals surface area contributed by atoms with Gasteiger partial charge in [0.15, 0.2) is 4.77 Å². The van der Waals surface area contributed by atoms with Gasteiger partial charge in [-0.3, -0.25) is 9.78 Å².